The number of aliphatic hydroxyl groups is 1. The Morgan fingerprint density at radius 3 is 2.50 bits per heavy atom. The van der Waals surface area contributed by atoms with Crippen molar-refractivity contribution in [2.45, 2.75) is 20.3 Å². The molecule has 0 aliphatic rings. The summed E-state index contributed by atoms with van der Waals surface area (Å²) < 4.78 is 24.9. The third-order valence-electron chi connectivity index (χ3n) is 1.90. The van der Waals surface area contributed by atoms with Gasteiger partial charge in [-0.25, -0.2) is 13.1 Å². The third kappa shape index (κ3) is 6.12. The van der Waals surface area contributed by atoms with E-state index in [9.17, 15) is 8.42 Å². The van der Waals surface area contributed by atoms with Crippen LogP contribution in [0.15, 0.2) is 12.7 Å². The van der Waals surface area contributed by atoms with E-state index in [0.717, 1.165) is 0 Å². The van der Waals surface area contributed by atoms with Crippen molar-refractivity contribution in [1.29, 1.82) is 0 Å². The number of aliphatic hydroxyl groups excluding tert-OH is 1. The molecule has 0 spiro atoms. The van der Waals surface area contributed by atoms with Crippen molar-refractivity contribution in [3.63, 3.8) is 0 Å². The average molecular weight is 221 g/mol. The Bertz CT molecular complexity index is 270. The summed E-state index contributed by atoms with van der Waals surface area (Å²) in [6.07, 6.45) is 1.92. The molecule has 0 atom stereocenters. The van der Waals surface area contributed by atoms with Crippen molar-refractivity contribution in [2.24, 2.45) is 5.41 Å². The third-order valence-corrected chi connectivity index (χ3v) is 3.16. The van der Waals surface area contributed by atoms with E-state index in [-0.39, 0.29) is 17.8 Å². The van der Waals surface area contributed by atoms with E-state index in [0.29, 0.717) is 13.0 Å². The van der Waals surface area contributed by atoms with E-state index in [4.69, 9.17) is 5.11 Å². The van der Waals surface area contributed by atoms with E-state index in [1.807, 2.05) is 13.8 Å². The molecule has 0 unspecified atom stereocenters. The Morgan fingerprint density at radius 2 is 2.07 bits per heavy atom. The van der Waals surface area contributed by atoms with Crippen LogP contribution in [0.5, 0.6) is 0 Å². The van der Waals surface area contributed by atoms with Gasteiger partial charge in [-0.05, 0) is 11.8 Å². The molecule has 0 bridgehead atoms. The molecule has 4 nitrogen and oxygen atoms in total. The molecule has 0 amide bonds. The topological polar surface area (TPSA) is 66.4 Å². The summed E-state index contributed by atoms with van der Waals surface area (Å²) in [6, 6.07) is 0. The molecule has 14 heavy (non-hydrogen) atoms. The lowest BCUT2D eigenvalue weighted by atomic mass is 9.90. The van der Waals surface area contributed by atoms with Gasteiger partial charge in [0.15, 0.2) is 0 Å². The highest BCUT2D eigenvalue weighted by molar-refractivity contribution is 7.89. The SMILES string of the molecule is C=CCS(=O)(=O)NCC(C)(C)CCO. The lowest BCUT2D eigenvalue weighted by Crippen LogP contribution is -2.35. The zero-order valence-corrected chi connectivity index (χ0v) is 9.60. The summed E-state index contributed by atoms with van der Waals surface area (Å²) in [5.41, 5.74) is -0.219. The molecule has 0 fully saturated rings. The maximum Gasteiger partial charge on any atom is 0.215 e. The van der Waals surface area contributed by atoms with Crippen molar-refractivity contribution in [3.8, 4) is 0 Å². The molecule has 0 aromatic heterocycles. The minimum Gasteiger partial charge on any atom is -0.396 e. The van der Waals surface area contributed by atoms with E-state index in [1.165, 1.54) is 6.08 Å². The van der Waals surface area contributed by atoms with Gasteiger partial charge in [-0.3, -0.25) is 0 Å². The number of nitrogens with one attached hydrogen (secondary N) is 1. The summed E-state index contributed by atoms with van der Waals surface area (Å²) in [6.45, 7) is 7.58. The summed E-state index contributed by atoms with van der Waals surface area (Å²) in [5, 5.41) is 8.74. The first kappa shape index (κ1) is 13.6. The average Bonchev–Trinajstić information content (AvgIpc) is 2.01. The highest BCUT2D eigenvalue weighted by atomic mass is 32.2. The Hall–Kier alpha value is -0.390. The van der Waals surface area contributed by atoms with Crippen LogP contribution in [-0.4, -0.2) is 32.4 Å². The molecule has 0 aliphatic carbocycles. The molecule has 5 heteroatoms. The van der Waals surface area contributed by atoms with E-state index in [2.05, 4.69) is 11.3 Å². The molecule has 0 aromatic carbocycles. The molecule has 84 valence electrons. The van der Waals surface area contributed by atoms with Crippen molar-refractivity contribution in [2.75, 3.05) is 18.9 Å². The summed E-state index contributed by atoms with van der Waals surface area (Å²) >= 11 is 0. The molecule has 0 aliphatic heterocycles. The standard InChI is InChI=1S/C9H19NO3S/c1-4-7-14(12,13)10-8-9(2,3)5-6-11/h4,10-11H,1,5-8H2,2-3H3. The van der Waals surface area contributed by atoms with Gasteiger partial charge in [-0.15, -0.1) is 6.58 Å². The molecule has 0 radical (unpaired) electrons. The normalized spacial score (nSPS) is 12.8. The van der Waals surface area contributed by atoms with Crippen LogP contribution >= 0.6 is 0 Å². The second-order valence-corrected chi connectivity index (χ2v) is 5.88. The maximum absolute atomic E-state index is 11.2. The number of hydrogen-bond acceptors (Lipinski definition) is 3. The fraction of sp³-hybridized carbons (Fsp3) is 0.778. The van der Waals surface area contributed by atoms with Crippen LogP contribution in [0.4, 0.5) is 0 Å². The first-order chi connectivity index (χ1) is 6.33. The first-order valence-corrected chi connectivity index (χ1v) is 6.17. The highest BCUT2D eigenvalue weighted by Crippen LogP contribution is 2.18. The van der Waals surface area contributed by atoms with Crippen LogP contribution in [0.1, 0.15) is 20.3 Å². The van der Waals surface area contributed by atoms with Gasteiger partial charge in [-0.1, -0.05) is 19.9 Å². The molecular weight excluding hydrogens is 202 g/mol. The second-order valence-electron chi connectivity index (χ2n) is 4.03. The highest BCUT2D eigenvalue weighted by Gasteiger charge is 2.19. The van der Waals surface area contributed by atoms with Crippen molar-refractivity contribution < 1.29 is 13.5 Å². The zero-order chi connectivity index (χ0) is 11.2. The molecule has 2 N–H and O–H groups in total. The molecule has 0 saturated heterocycles. The number of hydrogen-bond donors (Lipinski definition) is 2. The summed E-state index contributed by atoms with van der Waals surface area (Å²) in [5.74, 6) is -0.0673. The largest absolute Gasteiger partial charge is 0.396 e. The molecular formula is C9H19NO3S. The van der Waals surface area contributed by atoms with Gasteiger partial charge in [0.25, 0.3) is 0 Å². The quantitative estimate of drug-likeness (QED) is 0.615. The van der Waals surface area contributed by atoms with Crippen molar-refractivity contribution in [3.05, 3.63) is 12.7 Å². The Labute approximate surface area is 86.1 Å². The van der Waals surface area contributed by atoms with Gasteiger partial charge in [0, 0.05) is 13.2 Å². The van der Waals surface area contributed by atoms with Crippen LogP contribution in [0.2, 0.25) is 0 Å². The van der Waals surface area contributed by atoms with Crippen LogP contribution < -0.4 is 4.72 Å². The minimum absolute atomic E-state index is 0.0657. The van der Waals surface area contributed by atoms with Crippen molar-refractivity contribution >= 4 is 10.0 Å². The Balaban J connectivity index is 4.10. The smallest absolute Gasteiger partial charge is 0.215 e. The lowest BCUT2D eigenvalue weighted by Gasteiger charge is -2.23. The van der Waals surface area contributed by atoms with Gasteiger partial charge in [0.05, 0.1) is 5.75 Å². The fourth-order valence-corrected chi connectivity index (χ4v) is 1.95. The summed E-state index contributed by atoms with van der Waals surface area (Å²) in [4.78, 5) is 0. The van der Waals surface area contributed by atoms with Crippen LogP contribution in [-0.2, 0) is 10.0 Å². The van der Waals surface area contributed by atoms with Crippen LogP contribution in [0.3, 0.4) is 0 Å². The monoisotopic (exact) mass is 221 g/mol. The maximum atomic E-state index is 11.2. The summed E-state index contributed by atoms with van der Waals surface area (Å²) in [7, 11) is -3.23. The predicted molar refractivity (Wildman–Crippen MR) is 57.5 cm³/mol. The minimum atomic E-state index is -3.23. The lowest BCUT2D eigenvalue weighted by molar-refractivity contribution is 0.213. The second kappa shape index (κ2) is 5.48. The molecule has 0 heterocycles. The van der Waals surface area contributed by atoms with Gasteiger partial charge >= 0.3 is 0 Å². The number of sulfonamides is 1. The van der Waals surface area contributed by atoms with Crippen molar-refractivity contribution in [1.82, 2.24) is 4.72 Å². The van der Waals surface area contributed by atoms with Gasteiger partial charge in [-0.2, -0.15) is 0 Å². The first-order valence-electron chi connectivity index (χ1n) is 4.52. The van der Waals surface area contributed by atoms with E-state index < -0.39 is 10.0 Å². The molecule has 0 aromatic rings. The molecule has 0 saturated carbocycles. The predicted octanol–water partition coefficient (Wildman–Crippen LogP) is 0.500. The Kier molecular flexibility index (Phi) is 5.33. The van der Waals surface area contributed by atoms with E-state index >= 15 is 0 Å². The van der Waals surface area contributed by atoms with Gasteiger partial charge < -0.3 is 5.11 Å². The van der Waals surface area contributed by atoms with E-state index in [1.54, 1.807) is 0 Å². The van der Waals surface area contributed by atoms with Gasteiger partial charge in [0.1, 0.15) is 0 Å². The molecule has 0 rings (SSSR count). The van der Waals surface area contributed by atoms with Crippen LogP contribution in [0, 0.1) is 5.41 Å². The zero-order valence-electron chi connectivity index (χ0n) is 8.78. The fourth-order valence-electron chi connectivity index (χ4n) is 0.910. The van der Waals surface area contributed by atoms with Crippen LogP contribution in [0.25, 0.3) is 0 Å². The Morgan fingerprint density at radius 1 is 1.50 bits per heavy atom. The van der Waals surface area contributed by atoms with Gasteiger partial charge in [0.2, 0.25) is 10.0 Å². The number of rotatable bonds is 7.